The second-order valence-corrected chi connectivity index (χ2v) is 6.89. The van der Waals surface area contributed by atoms with Crippen molar-refractivity contribution in [3.63, 3.8) is 0 Å². The maximum atomic E-state index is 15.0. The van der Waals surface area contributed by atoms with Crippen LogP contribution in [0, 0.1) is 11.6 Å². The number of hydrogen-bond acceptors (Lipinski definition) is 6. The summed E-state index contributed by atoms with van der Waals surface area (Å²) in [5.41, 5.74) is 0.658. The largest absolute Gasteiger partial charge is 0.350 e. The van der Waals surface area contributed by atoms with Crippen molar-refractivity contribution in [3.8, 4) is 0 Å². The number of carbonyl (C=O) groups excluding carboxylic acids is 1. The van der Waals surface area contributed by atoms with Gasteiger partial charge in [0.2, 0.25) is 5.82 Å². The average molecular weight is 480 g/mol. The van der Waals surface area contributed by atoms with Gasteiger partial charge in [-0.25, -0.2) is 9.87 Å². The van der Waals surface area contributed by atoms with Crippen LogP contribution in [0.25, 0.3) is 0 Å². The molecule has 3 rings (SSSR count). The summed E-state index contributed by atoms with van der Waals surface area (Å²) in [4.78, 5) is 37.9. The van der Waals surface area contributed by atoms with Crippen LogP contribution in [0.3, 0.4) is 0 Å². The van der Waals surface area contributed by atoms with E-state index in [-0.39, 0.29) is 24.4 Å². The summed E-state index contributed by atoms with van der Waals surface area (Å²) in [6.45, 7) is 1.69. The smallest absolute Gasteiger partial charge is 0.289 e. The predicted molar refractivity (Wildman–Crippen MR) is 108 cm³/mol. The quantitative estimate of drug-likeness (QED) is 0.505. The van der Waals surface area contributed by atoms with Crippen molar-refractivity contribution in [1.29, 1.82) is 0 Å². The second kappa shape index (κ2) is 9.55. The summed E-state index contributed by atoms with van der Waals surface area (Å²) in [6.07, 6.45) is 5.43. The predicted octanol–water partition coefficient (Wildman–Crippen LogP) is 3.15. The Hall–Kier alpha value is -3.18. The Bertz CT molecular complexity index is 1130. The van der Waals surface area contributed by atoms with Crippen LogP contribution < -0.4 is 16.4 Å². The lowest BCUT2D eigenvalue weighted by molar-refractivity contribution is 0.0364. The summed E-state index contributed by atoms with van der Waals surface area (Å²) < 4.78 is 30.7. The number of carbonyl (C=O) groups is 1. The van der Waals surface area contributed by atoms with Crippen LogP contribution in [0.4, 0.5) is 20.2 Å². The molecule has 2 heterocycles. The first-order valence-corrected chi connectivity index (χ1v) is 9.52. The van der Waals surface area contributed by atoms with Crippen LogP contribution in [0.5, 0.6) is 0 Å². The van der Waals surface area contributed by atoms with Crippen molar-refractivity contribution in [2.24, 2.45) is 0 Å². The number of hydrogen-bond donors (Lipinski definition) is 2. The van der Waals surface area contributed by atoms with E-state index in [1.54, 1.807) is 6.92 Å². The fourth-order valence-electron chi connectivity index (χ4n) is 2.55. The number of pyridine rings is 1. The molecule has 0 aliphatic heterocycles. The Morgan fingerprint density at radius 1 is 1.30 bits per heavy atom. The van der Waals surface area contributed by atoms with Crippen LogP contribution >= 0.6 is 15.9 Å². The number of nitrogens with one attached hydrogen (secondary N) is 2. The van der Waals surface area contributed by atoms with Crippen molar-refractivity contribution in [3.05, 3.63) is 80.7 Å². The minimum atomic E-state index is -1.26. The molecule has 0 bridgehead atoms. The zero-order chi connectivity index (χ0) is 21.7. The minimum absolute atomic E-state index is 0.117. The number of benzene rings is 1. The van der Waals surface area contributed by atoms with E-state index in [4.69, 9.17) is 4.84 Å². The molecule has 0 aliphatic carbocycles. The molecule has 0 aliphatic rings. The van der Waals surface area contributed by atoms with Gasteiger partial charge in [0.05, 0.1) is 42.0 Å². The van der Waals surface area contributed by atoms with E-state index < -0.39 is 28.8 Å². The lowest BCUT2D eigenvalue weighted by atomic mass is 10.2. The molecule has 0 fully saturated rings. The molecule has 11 heteroatoms. The van der Waals surface area contributed by atoms with Crippen molar-refractivity contribution >= 4 is 33.2 Å². The third-order valence-corrected chi connectivity index (χ3v) is 4.41. The maximum absolute atomic E-state index is 15.0. The zero-order valence-corrected chi connectivity index (χ0v) is 17.2. The lowest BCUT2D eigenvalue weighted by Crippen LogP contribution is -2.31. The normalized spacial score (nSPS) is 10.7. The molecule has 30 heavy (non-hydrogen) atoms. The number of amides is 1. The lowest BCUT2D eigenvalue weighted by Gasteiger charge is -2.16. The highest BCUT2D eigenvalue weighted by molar-refractivity contribution is 9.10. The second-order valence-electron chi connectivity index (χ2n) is 5.97. The van der Waals surface area contributed by atoms with E-state index in [9.17, 15) is 14.0 Å². The van der Waals surface area contributed by atoms with Crippen LogP contribution in [-0.2, 0) is 11.4 Å². The van der Waals surface area contributed by atoms with Gasteiger partial charge < -0.3 is 9.88 Å². The van der Waals surface area contributed by atoms with Gasteiger partial charge in [-0.05, 0) is 25.1 Å². The third-order valence-electron chi connectivity index (χ3n) is 3.92. The van der Waals surface area contributed by atoms with E-state index in [1.165, 1.54) is 30.7 Å². The van der Waals surface area contributed by atoms with E-state index in [0.29, 0.717) is 10.2 Å². The van der Waals surface area contributed by atoms with Gasteiger partial charge in [-0.1, -0.05) is 15.9 Å². The molecular formula is C19H16BrF2N5O3. The van der Waals surface area contributed by atoms with E-state index >= 15 is 4.39 Å². The molecule has 3 aromatic rings. The van der Waals surface area contributed by atoms with Crippen molar-refractivity contribution in [2.45, 2.75) is 13.5 Å². The molecule has 1 amide bonds. The highest BCUT2D eigenvalue weighted by Crippen LogP contribution is 2.26. The standard InChI is InChI=1S/C19H16BrF2N5O3/c1-2-30-26-18(28)13-10-27(9-12-8-23-5-6-24-12)19(29)16(22)17(13)25-15-4-3-11(20)7-14(15)21/h3-8,10,25H,2,9H2,1H3,(H,26,28). The monoisotopic (exact) mass is 479 g/mol. The van der Waals surface area contributed by atoms with Gasteiger partial charge in [-0.2, -0.15) is 4.39 Å². The first-order valence-electron chi connectivity index (χ1n) is 8.72. The molecular weight excluding hydrogens is 464 g/mol. The maximum Gasteiger partial charge on any atom is 0.289 e. The van der Waals surface area contributed by atoms with Gasteiger partial charge in [0.15, 0.2) is 0 Å². The molecule has 0 saturated carbocycles. The summed E-state index contributed by atoms with van der Waals surface area (Å²) in [5.74, 6) is -2.78. The van der Waals surface area contributed by atoms with Gasteiger partial charge in [-0.15, -0.1) is 0 Å². The van der Waals surface area contributed by atoms with Gasteiger partial charge in [0.1, 0.15) is 5.82 Å². The zero-order valence-electron chi connectivity index (χ0n) is 15.7. The summed E-state index contributed by atoms with van der Waals surface area (Å²) in [6, 6.07) is 4.03. The number of nitrogens with zero attached hydrogens (tertiary/aromatic N) is 3. The number of hydroxylamine groups is 1. The Balaban J connectivity index is 2.08. The Morgan fingerprint density at radius 2 is 2.10 bits per heavy atom. The van der Waals surface area contributed by atoms with Gasteiger partial charge in [0, 0.05) is 23.1 Å². The summed E-state index contributed by atoms with van der Waals surface area (Å²) in [5, 5.41) is 2.50. The van der Waals surface area contributed by atoms with Crippen molar-refractivity contribution in [2.75, 3.05) is 11.9 Å². The van der Waals surface area contributed by atoms with Crippen LogP contribution in [0.15, 0.2) is 52.3 Å². The molecule has 0 radical (unpaired) electrons. The highest BCUT2D eigenvalue weighted by Gasteiger charge is 2.22. The van der Waals surface area contributed by atoms with Gasteiger partial charge in [-0.3, -0.25) is 24.4 Å². The third kappa shape index (κ3) is 4.86. The SMILES string of the molecule is CCONC(=O)c1cn(Cc2cnccn2)c(=O)c(F)c1Nc1ccc(Br)cc1F. The number of rotatable bonds is 7. The van der Waals surface area contributed by atoms with Gasteiger partial charge in [0.25, 0.3) is 11.5 Å². The summed E-state index contributed by atoms with van der Waals surface area (Å²) >= 11 is 3.13. The van der Waals surface area contributed by atoms with E-state index in [1.807, 2.05) is 0 Å². The fourth-order valence-corrected chi connectivity index (χ4v) is 2.88. The Kier molecular flexibility index (Phi) is 6.85. The number of halogens is 3. The first-order chi connectivity index (χ1) is 14.4. The van der Waals surface area contributed by atoms with Crippen LogP contribution in [0.2, 0.25) is 0 Å². The molecule has 0 spiro atoms. The average Bonchev–Trinajstić information content (AvgIpc) is 2.74. The molecule has 156 valence electrons. The molecule has 2 N–H and O–H groups in total. The number of aromatic nitrogens is 3. The Labute approximate surface area is 178 Å². The van der Waals surface area contributed by atoms with E-state index in [0.717, 1.165) is 16.8 Å². The minimum Gasteiger partial charge on any atom is -0.350 e. The molecule has 0 atom stereocenters. The van der Waals surface area contributed by atoms with E-state index in [2.05, 4.69) is 36.7 Å². The van der Waals surface area contributed by atoms with Crippen LogP contribution in [0.1, 0.15) is 23.0 Å². The van der Waals surface area contributed by atoms with Crippen LogP contribution in [-0.4, -0.2) is 27.0 Å². The molecule has 2 aromatic heterocycles. The highest BCUT2D eigenvalue weighted by atomic mass is 79.9. The molecule has 1 aromatic carbocycles. The van der Waals surface area contributed by atoms with Crippen molar-refractivity contribution < 1.29 is 18.4 Å². The topological polar surface area (TPSA) is 98.1 Å². The molecule has 0 saturated heterocycles. The molecule has 0 unspecified atom stereocenters. The summed E-state index contributed by atoms with van der Waals surface area (Å²) in [7, 11) is 0. The fraction of sp³-hybridized carbons (Fsp3) is 0.158. The van der Waals surface area contributed by atoms with Crippen molar-refractivity contribution in [1.82, 2.24) is 20.0 Å². The molecule has 8 nitrogen and oxygen atoms in total. The Morgan fingerprint density at radius 3 is 2.77 bits per heavy atom. The first kappa shape index (κ1) is 21.5. The number of anilines is 2. The van der Waals surface area contributed by atoms with Gasteiger partial charge >= 0.3 is 0 Å².